The van der Waals surface area contributed by atoms with Gasteiger partial charge in [0.2, 0.25) is 5.91 Å². The summed E-state index contributed by atoms with van der Waals surface area (Å²) < 4.78 is 60.0. The number of fused-ring (bicyclic) bond motifs is 1. The molecule has 0 spiro atoms. The number of halogens is 3. The lowest BCUT2D eigenvalue weighted by molar-refractivity contribution is -0.132. The van der Waals surface area contributed by atoms with E-state index in [2.05, 4.69) is 15.6 Å². The highest BCUT2D eigenvalue weighted by molar-refractivity contribution is 6.14. The lowest BCUT2D eigenvalue weighted by Gasteiger charge is -2.20. The van der Waals surface area contributed by atoms with Crippen molar-refractivity contribution in [1.82, 2.24) is 10.3 Å². The predicted octanol–water partition coefficient (Wildman–Crippen LogP) is 6.89. The molecule has 244 valence electrons. The topological polar surface area (TPSA) is 98.8 Å². The largest absolute Gasteiger partial charge is 0.493 e. The number of carbonyl (C=O) groups is 2. The van der Waals surface area contributed by atoms with Gasteiger partial charge in [0, 0.05) is 41.9 Å². The highest BCUT2D eigenvalue weighted by Crippen LogP contribution is 2.48. The number of Topliss-reactive ketones (excluding diaryl/α,β-unsaturated/α-hetero) is 1. The van der Waals surface area contributed by atoms with E-state index in [1.54, 1.807) is 31.5 Å². The first-order valence-electron chi connectivity index (χ1n) is 15.8. The summed E-state index contributed by atoms with van der Waals surface area (Å²) in [5, 5.41) is 6.79. The van der Waals surface area contributed by atoms with Crippen LogP contribution in [0.1, 0.15) is 44.1 Å². The molecule has 0 aliphatic heterocycles. The number of nitrogens with one attached hydrogen (secondary N) is 2. The molecule has 3 aliphatic rings. The van der Waals surface area contributed by atoms with Crippen LogP contribution in [0.2, 0.25) is 0 Å². The average molecular weight is 646 g/mol. The molecule has 3 aromatic carbocycles. The van der Waals surface area contributed by atoms with Crippen LogP contribution in [0.3, 0.4) is 0 Å². The highest BCUT2D eigenvalue weighted by Gasteiger charge is 2.55. The number of hydrogen-bond acceptors (Lipinski definition) is 7. The Morgan fingerprint density at radius 2 is 1.70 bits per heavy atom. The summed E-state index contributed by atoms with van der Waals surface area (Å²) in [6, 6.07) is 12.4. The molecule has 0 atom stereocenters. The number of ether oxygens (including phenoxy) is 3. The second kappa shape index (κ2) is 12.2. The van der Waals surface area contributed by atoms with E-state index in [1.165, 1.54) is 31.0 Å². The van der Waals surface area contributed by atoms with E-state index >= 15 is 4.39 Å². The van der Waals surface area contributed by atoms with Gasteiger partial charge in [-0.3, -0.25) is 14.6 Å². The third-order valence-corrected chi connectivity index (χ3v) is 9.31. The van der Waals surface area contributed by atoms with Gasteiger partial charge in [-0.1, -0.05) is 6.07 Å². The van der Waals surface area contributed by atoms with Crippen molar-refractivity contribution in [3.63, 3.8) is 0 Å². The van der Waals surface area contributed by atoms with E-state index in [-0.39, 0.29) is 41.8 Å². The van der Waals surface area contributed by atoms with E-state index in [4.69, 9.17) is 14.2 Å². The summed E-state index contributed by atoms with van der Waals surface area (Å²) >= 11 is 0. The number of ketones is 1. The summed E-state index contributed by atoms with van der Waals surface area (Å²) in [7, 11) is 1.57. The Morgan fingerprint density at radius 1 is 0.894 bits per heavy atom. The van der Waals surface area contributed by atoms with Crippen LogP contribution in [0.15, 0.2) is 60.8 Å². The first-order valence-corrected chi connectivity index (χ1v) is 15.8. The lowest BCUT2D eigenvalue weighted by Crippen LogP contribution is -2.38. The molecule has 11 heteroatoms. The fraction of sp³-hybridized carbons (Fsp3) is 0.361. The van der Waals surface area contributed by atoms with Crippen LogP contribution in [-0.2, 0) is 16.0 Å². The minimum Gasteiger partial charge on any atom is -0.493 e. The second-order valence-electron chi connectivity index (χ2n) is 12.8. The number of rotatable bonds is 14. The second-order valence-corrected chi connectivity index (χ2v) is 12.8. The molecule has 0 bridgehead atoms. The molecule has 2 N–H and O–H groups in total. The average Bonchev–Trinajstić information content (AvgIpc) is 3.93. The SMILES string of the molecule is COc1cc2c(Oc3ccc(CC(=O)C4(C(=O)Nc5ccc(F)c(F)c5)CC4)c(F)c3)ccnc2cc1OCC1(NCC2CC2)CC1. The number of methoxy groups -OCH3 is 1. The van der Waals surface area contributed by atoms with Gasteiger partial charge in [0.15, 0.2) is 28.9 Å². The first kappa shape index (κ1) is 31.0. The van der Waals surface area contributed by atoms with E-state index < -0.39 is 34.6 Å². The van der Waals surface area contributed by atoms with Crippen LogP contribution in [0.25, 0.3) is 10.9 Å². The molecular weight excluding hydrogens is 611 g/mol. The molecule has 0 radical (unpaired) electrons. The Bertz CT molecular complexity index is 1870. The molecule has 47 heavy (non-hydrogen) atoms. The summed E-state index contributed by atoms with van der Waals surface area (Å²) in [5.74, 6) is -1.38. The monoisotopic (exact) mass is 645 g/mol. The number of hydrogen-bond donors (Lipinski definition) is 2. The normalized spacial score (nSPS) is 17.2. The fourth-order valence-corrected chi connectivity index (χ4v) is 5.70. The lowest BCUT2D eigenvalue weighted by atomic mass is 9.93. The maximum atomic E-state index is 15.3. The van der Waals surface area contributed by atoms with Crippen molar-refractivity contribution in [3.05, 3.63) is 83.8 Å². The predicted molar refractivity (Wildman–Crippen MR) is 168 cm³/mol. The maximum absolute atomic E-state index is 15.3. The number of anilines is 1. The molecule has 8 nitrogen and oxygen atoms in total. The zero-order chi connectivity index (χ0) is 32.8. The highest BCUT2D eigenvalue weighted by atomic mass is 19.2. The van der Waals surface area contributed by atoms with Gasteiger partial charge in [0.05, 0.1) is 18.2 Å². The Morgan fingerprint density at radius 3 is 2.38 bits per heavy atom. The number of benzene rings is 3. The van der Waals surface area contributed by atoms with E-state index in [9.17, 15) is 18.4 Å². The Balaban J connectivity index is 1.02. The van der Waals surface area contributed by atoms with Crippen molar-refractivity contribution in [2.24, 2.45) is 11.3 Å². The summed E-state index contributed by atoms with van der Waals surface area (Å²) in [5.41, 5.74) is -0.562. The van der Waals surface area contributed by atoms with Crippen LogP contribution < -0.4 is 24.8 Å². The number of nitrogens with zero attached hydrogens (tertiary/aromatic N) is 1. The molecule has 7 rings (SSSR count). The molecule has 1 aromatic heterocycles. The van der Waals surface area contributed by atoms with Gasteiger partial charge in [-0.2, -0.15) is 0 Å². The van der Waals surface area contributed by atoms with Crippen molar-refractivity contribution in [1.29, 1.82) is 0 Å². The molecule has 3 aliphatic carbocycles. The third kappa shape index (κ3) is 6.62. The summed E-state index contributed by atoms with van der Waals surface area (Å²) in [6.45, 7) is 1.56. The van der Waals surface area contributed by atoms with Gasteiger partial charge in [-0.25, -0.2) is 13.2 Å². The van der Waals surface area contributed by atoms with Gasteiger partial charge in [0.1, 0.15) is 29.3 Å². The third-order valence-electron chi connectivity index (χ3n) is 9.31. The number of carbonyl (C=O) groups excluding carboxylic acids is 2. The van der Waals surface area contributed by atoms with Gasteiger partial charge in [-0.05, 0) is 86.9 Å². The molecular formula is C36H34F3N3O5. The Labute approximate surface area is 269 Å². The van der Waals surface area contributed by atoms with Crippen molar-refractivity contribution in [2.45, 2.75) is 50.5 Å². The van der Waals surface area contributed by atoms with Crippen LogP contribution in [0, 0.1) is 28.8 Å². The molecule has 3 saturated carbocycles. The van der Waals surface area contributed by atoms with E-state index in [0.717, 1.165) is 37.4 Å². The van der Waals surface area contributed by atoms with Crippen molar-refractivity contribution in [2.75, 3.05) is 25.6 Å². The van der Waals surface area contributed by atoms with Crippen LogP contribution in [0.4, 0.5) is 18.9 Å². The summed E-state index contributed by atoms with van der Waals surface area (Å²) in [4.78, 5) is 30.5. The van der Waals surface area contributed by atoms with E-state index in [0.29, 0.717) is 34.8 Å². The quantitative estimate of drug-likeness (QED) is 0.144. The Hall–Kier alpha value is -4.64. The van der Waals surface area contributed by atoms with Crippen LogP contribution in [0.5, 0.6) is 23.0 Å². The minimum atomic E-state index is -1.34. The molecule has 1 heterocycles. The minimum absolute atomic E-state index is 0.0121. The zero-order valence-corrected chi connectivity index (χ0v) is 25.8. The van der Waals surface area contributed by atoms with Crippen molar-refractivity contribution < 1.29 is 37.0 Å². The van der Waals surface area contributed by atoms with Gasteiger partial charge >= 0.3 is 0 Å². The Kier molecular flexibility index (Phi) is 8.03. The number of pyridine rings is 1. The number of aromatic nitrogens is 1. The van der Waals surface area contributed by atoms with Gasteiger partial charge in [0.25, 0.3) is 0 Å². The first-order chi connectivity index (χ1) is 22.7. The smallest absolute Gasteiger partial charge is 0.238 e. The molecule has 0 unspecified atom stereocenters. The molecule has 1 amide bonds. The zero-order valence-electron chi connectivity index (χ0n) is 25.8. The van der Waals surface area contributed by atoms with E-state index in [1.807, 2.05) is 6.07 Å². The molecule has 0 saturated heterocycles. The summed E-state index contributed by atoms with van der Waals surface area (Å²) in [6.07, 6.45) is 6.59. The maximum Gasteiger partial charge on any atom is 0.238 e. The van der Waals surface area contributed by atoms with Crippen LogP contribution >= 0.6 is 0 Å². The van der Waals surface area contributed by atoms with Gasteiger partial charge in [-0.15, -0.1) is 0 Å². The van der Waals surface area contributed by atoms with Crippen molar-refractivity contribution in [3.8, 4) is 23.0 Å². The van der Waals surface area contributed by atoms with Crippen LogP contribution in [-0.4, -0.2) is 42.5 Å². The number of amides is 1. The molecule has 4 aromatic rings. The van der Waals surface area contributed by atoms with Gasteiger partial charge < -0.3 is 24.8 Å². The fourth-order valence-electron chi connectivity index (χ4n) is 5.70. The molecule has 3 fully saturated rings. The standard InChI is InChI=1S/C36H34F3N3O5/c1-45-31-17-25-29(18-32(31)46-20-35(9-10-35)41-19-21-2-3-21)40-13-8-30(25)47-24-6-4-22(27(38)16-24)14-33(43)36(11-12-36)34(44)42-23-5-7-26(37)28(39)15-23/h4-8,13,15-18,21,41H,2-3,9-12,14,19-20H2,1H3,(H,42,44). The van der Waals surface area contributed by atoms with Crippen molar-refractivity contribution >= 4 is 28.3 Å².